The number of para-hydroxylation sites is 2. The Morgan fingerprint density at radius 2 is 1.26 bits per heavy atom. The van der Waals surface area contributed by atoms with Gasteiger partial charge in [-0.05, 0) is 24.3 Å². The van der Waals surface area contributed by atoms with E-state index in [2.05, 4.69) is 0 Å². The van der Waals surface area contributed by atoms with Gasteiger partial charge in [-0.15, -0.1) is 0 Å². The smallest absolute Gasteiger partial charge is 0.550 e. The Bertz CT molecular complexity index is 760. The summed E-state index contributed by atoms with van der Waals surface area (Å²) in [6.07, 6.45) is -1.33. The van der Waals surface area contributed by atoms with Crippen LogP contribution in [0.2, 0.25) is 0 Å². The van der Waals surface area contributed by atoms with Crippen LogP contribution in [0.15, 0.2) is 60.7 Å². The van der Waals surface area contributed by atoms with Crippen molar-refractivity contribution in [2.75, 3.05) is 0 Å². The topological polar surface area (TPSA) is 144 Å². The fourth-order valence-corrected chi connectivity index (χ4v) is 2.16. The van der Waals surface area contributed by atoms with Gasteiger partial charge in [-0.25, -0.2) is 0 Å². The number of carboxylic acid groups (broad SMARTS) is 2. The molecule has 1 N–H and O–H groups in total. The third-order valence-corrected chi connectivity index (χ3v) is 3.77. The van der Waals surface area contributed by atoms with Crippen molar-refractivity contribution >= 4 is 22.1 Å². The van der Waals surface area contributed by atoms with Crippen LogP contribution in [0.25, 0.3) is 0 Å². The molecule has 0 aliphatic heterocycles. The van der Waals surface area contributed by atoms with E-state index < -0.39 is 33.7 Å². The summed E-state index contributed by atoms with van der Waals surface area (Å²) < 4.78 is 34.0. The normalized spacial score (nSPS) is 10.7. The largest absolute Gasteiger partial charge is 1.00 e. The monoisotopic (exact) mass is 412 g/mol. The van der Waals surface area contributed by atoms with Crippen molar-refractivity contribution in [1.29, 1.82) is 0 Å². The van der Waals surface area contributed by atoms with E-state index in [0.29, 0.717) is 0 Å². The number of hydrogen-bond acceptors (Lipinski definition) is 7. The average Bonchev–Trinajstić information content (AvgIpc) is 2.54. The molecule has 0 amide bonds. The number of rotatable bonds is 6. The van der Waals surface area contributed by atoms with Crippen molar-refractivity contribution in [2.45, 2.75) is 11.7 Å². The van der Waals surface area contributed by atoms with Crippen molar-refractivity contribution < 1.29 is 96.6 Å². The number of hydrogen-bond donors (Lipinski definition) is 1. The van der Waals surface area contributed by atoms with Gasteiger partial charge in [0.1, 0.15) is 16.7 Å². The van der Waals surface area contributed by atoms with E-state index in [1.165, 1.54) is 0 Å². The third kappa shape index (κ3) is 12.2. The van der Waals surface area contributed by atoms with Crippen LogP contribution in [-0.4, -0.2) is 30.2 Å². The maximum atomic E-state index is 10.2. The Labute approximate surface area is 200 Å². The molecule has 2 aromatic rings. The average molecular weight is 412 g/mol. The van der Waals surface area contributed by atoms with Gasteiger partial charge in [-0.1, -0.05) is 36.4 Å². The molecule has 0 saturated heterocycles. The first-order chi connectivity index (χ1) is 11.7. The molecule has 0 bridgehead atoms. The number of aliphatic carboxylic acids is 2. The molecule has 0 aliphatic carbocycles. The summed E-state index contributed by atoms with van der Waals surface area (Å²) in [6.45, 7) is 0. The quantitative estimate of drug-likeness (QED) is 0.364. The number of carboxylic acids is 2. The summed E-state index contributed by atoms with van der Waals surface area (Å²) in [5, 5.41) is 17.3. The van der Waals surface area contributed by atoms with E-state index >= 15 is 0 Å². The Balaban J connectivity index is 0. The van der Waals surface area contributed by atoms with Gasteiger partial charge in [0.15, 0.2) is 0 Å². The molecule has 0 spiro atoms. The number of ether oxygens (including phenoxy) is 1. The van der Waals surface area contributed by atoms with Gasteiger partial charge in [-0.3, -0.25) is 4.55 Å². The third-order valence-electron chi connectivity index (χ3n) is 2.70. The van der Waals surface area contributed by atoms with Crippen LogP contribution in [0.5, 0.6) is 11.5 Å². The molecular formula is C16H14Na2O8S. The number of carbonyl (C=O) groups is 2. The minimum Gasteiger partial charge on any atom is -0.550 e. The SMILES string of the molecule is O=C([O-])CC(C(=O)[O-])S(=O)(=O)O.[Na+].[Na+].c1ccc(Oc2ccccc2)cc1. The molecule has 27 heavy (non-hydrogen) atoms. The van der Waals surface area contributed by atoms with Gasteiger partial charge in [0.2, 0.25) is 0 Å². The Morgan fingerprint density at radius 1 is 0.889 bits per heavy atom. The van der Waals surface area contributed by atoms with Crippen LogP contribution < -0.4 is 74.1 Å². The van der Waals surface area contributed by atoms with E-state index in [9.17, 15) is 28.2 Å². The molecule has 1 unspecified atom stereocenters. The van der Waals surface area contributed by atoms with Crippen LogP contribution in [0, 0.1) is 0 Å². The van der Waals surface area contributed by atoms with E-state index in [-0.39, 0.29) is 59.1 Å². The minimum absolute atomic E-state index is 0. The molecule has 0 heterocycles. The molecule has 2 aromatic carbocycles. The molecule has 0 fully saturated rings. The zero-order valence-corrected chi connectivity index (χ0v) is 19.6. The van der Waals surface area contributed by atoms with Crippen molar-refractivity contribution in [3.05, 3.63) is 60.7 Å². The van der Waals surface area contributed by atoms with Gasteiger partial charge in [-0.2, -0.15) is 8.42 Å². The second-order valence-corrected chi connectivity index (χ2v) is 6.23. The van der Waals surface area contributed by atoms with Crippen LogP contribution in [-0.2, 0) is 19.7 Å². The van der Waals surface area contributed by atoms with Gasteiger partial charge < -0.3 is 24.5 Å². The van der Waals surface area contributed by atoms with Crippen LogP contribution in [0.4, 0.5) is 0 Å². The van der Waals surface area contributed by atoms with Gasteiger partial charge in [0.05, 0.1) is 5.97 Å². The number of carbonyl (C=O) groups excluding carboxylic acids is 2. The molecular weight excluding hydrogens is 398 g/mol. The zero-order valence-electron chi connectivity index (χ0n) is 14.8. The summed E-state index contributed by atoms with van der Waals surface area (Å²) in [5.41, 5.74) is 0. The predicted molar refractivity (Wildman–Crippen MR) is 82.9 cm³/mol. The predicted octanol–water partition coefficient (Wildman–Crippen LogP) is -6.38. The fraction of sp³-hybridized carbons (Fsp3) is 0.125. The first kappa shape index (κ1) is 28.3. The Kier molecular flexibility index (Phi) is 14.8. The van der Waals surface area contributed by atoms with Crippen molar-refractivity contribution in [3.63, 3.8) is 0 Å². The van der Waals surface area contributed by atoms with Crippen LogP contribution >= 0.6 is 0 Å². The summed E-state index contributed by atoms with van der Waals surface area (Å²) in [7, 11) is -4.94. The van der Waals surface area contributed by atoms with Gasteiger partial charge >= 0.3 is 59.1 Å². The van der Waals surface area contributed by atoms with Gasteiger partial charge in [0.25, 0.3) is 10.1 Å². The maximum Gasteiger partial charge on any atom is 1.00 e. The molecule has 0 radical (unpaired) electrons. The first-order valence-electron chi connectivity index (χ1n) is 6.85. The molecule has 0 aromatic heterocycles. The van der Waals surface area contributed by atoms with E-state index in [1.54, 1.807) is 0 Å². The van der Waals surface area contributed by atoms with Crippen molar-refractivity contribution in [3.8, 4) is 11.5 Å². The summed E-state index contributed by atoms with van der Waals surface area (Å²) in [6, 6.07) is 19.5. The molecule has 0 saturated carbocycles. The van der Waals surface area contributed by atoms with Crippen LogP contribution in [0.3, 0.4) is 0 Å². The first-order valence-corrected chi connectivity index (χ1v) is 8.35. The number of benzene rings is 2. The molecule has 11 heteroatoms. The fourth-order valence-electron chi connectivity index (χ4n) is 1.57. The molecule has 134 valence electrons. The molecule has 2 rings (SSSR count). The molecule has 8 nitrogen and oxygen atoms in total. The maximum absolute atomic E-state index is 10.2. The van der Waals surface area contributed by atoms with Gasteiger partial charge in [0, 0.05) is 12.4 Å². The van der Waals surface area contributed by atoms with E-state index in [0.717, 1.165) is 11.5 Å². The Morgan fingerprint density at radius 3 is 1.48 bits per heavy atom. The van der Waals surface area contributed by atoms with Crippen molar-refractivity contribution in [1.82, 2.24) is 0 Å². The second-order valence-electron chi connectivity index (χ2n) is 4.63. The van der Waals surface area contributed by atoms with E-state index in [1.807, 2.05) is 60.7 Å². The Hall–Kier alpha value is -0.910. The molecule has 0 aliphatic rings. The zero-order chi connectivity index (χ0) is 18.9. The summed E-state index contributed by atoms with van der Waals surface area (Å²) in [4.78, 5) is 19.7. The standard InChI is InChI=1S/C12H10O.C4H6O7S.2Na/c1-3-7-11(8-4-1)13-12-9-5-2-6-10-12;5-3(6)1-2(4(7)8)12(9,10)11;;/h1-10H;2H,1H2,(H,5,6)(H,7,8)(H,9,10,11);;/q;;2*+1/p-2. The second kappa shape index (κ2) is 14.1. The summed E-state index contributed by atoms with van der Waals surface area (Å²) in [5.74, 6) is -2.34. The summed E-state index contributed by atoms with van der Waals surface area (Å²) >= 11 is 0. The minimum atomic E-state index is -4.94. The van der Waals surface area contributed by atoms with Crippen molar-refractivity contribution in [2.24, 2.45) is 0 Å². The molecule has 1 atom stereocenters. The van der Waals surface area contributed by atoms with E-state index in [4.69, 9.17) is 9.29 Å². The van der Waals surface area contributed by atoms with Crippen LogP contribution in [0.1, 0.15) is 6.42 Å².